The average Bonchev–Trinajstić information content (AvgIpc) is 2.72. The van der Waals surface area contributed by atoms with E-state index in [1.54, 1.807) is 4.90 Å². The second kappa shape index (κ2) is 9.88. The van der Waals surface area contributed by atoms with Crippen LogP contribution in [0.1, 0.15) is 31.1 Å². The first-order valence-corrected chi connectivity index (χ1v) is 10.6. The molecule has 2 aliphatic heterocycles. The van der Waals surface area contributed by atoms with Crippen LogP contribution in [0.4, 0.5) is 10.6 Å². The number of hydrogen-bond acceptors (Lipinski definition) is 8. The maximum absolute atomic E-state index is 12.3. The van der Waals surface area contributed by atoms with Crippen molar-refractivity contribution >= 4 is 29.5 Å². The molecule has 0 saturated carbocycles. The van der Waals surface area contributed by atoms with Gasteiger partial charge in [-0.15, -0.1) is 0 Å². The lowest BCUT2D eigenvalue weighted by Gasteiger charge is -2.34. The van der Waals surface area contributed by atoms with Crippen LogP contribution in [-0.2, 0) is 9.47 Å². The van der Waals surface area contributed by atoms with E-state index >= 15 is 0 Å². The SMILES string of the molecule is CC(C)(C)OC(=O)N1CCNC(COc2cc(C(=O)O)c(N3CCOCC3)nc2Cl)C1. The number of carboxylic acids is 1. The molecule has 1 unspecified atom stereocenters. The number of rotatable bonds is 5. The van der Waals surface area contributed by atoms with Crippen LogP contribution in [-0.4, -0.2) is 91.2 Å². The predicted octanol–water partition coefficient (Wildman–Crippen LogP) is 1.86. The summed E-state index contributed by atoms with van der Waals surface area (Å²) in [6, 6.07) is 1.24. The molecule has 1 amide bonds. The first kappa shape index (κ1) is 23.4. The van der Waals surface area contributed by atoms with Gasteiger partial charge in [0.25, 0.3) is 0 Å². The number of carboxylic acid groups (broad SMARTS) is 1. The lowest BCUT2D eigenvalue weighted by molar-refractivity contribution is 0.0178. The third-order valence-electron chi connectivity index (χ3n) is 4.81. The summed E-state index contributed by atoms with van der Waals surface area (Å²) in [5.74, 6) is -0.616. The molecule has 2 fully saturated rings. The number of ether oxygens (including phenoxy) is 3. The van der Waals surface area contributed by atoms with Crippen molar-refractivity contribution in [3.8, 4) is 5.75 Å². The standard InChI is InChI=1S/C20H29ClN4O6/c1-20(2,3)31-19(28)25-5-4-22-13(11-25)12-30-15-10-14(18(26)27)17(23-16(15)21)24-6-8-29-9-7-24/h10,13,22H,4-9,11-12H2,1-3H3,(H,26,27). The topological polar surface area (TPSA) is 113 Å². The molecule has 0 aromatic carbocycles. The number of piperazine rings is 1. The van der Waals surface area contributed by atoms with E-state index in [2.05, 4.69) is 10.3 Å². The minimum Gasteiger partial charge on any atom is -0.489 e. The number of pyridine rings is 1. The normalized spacial score (nSPS) is 19.8. The zero-order valence-electron chi connectivity index (χ0n) is 18.0. The Bertz CT molecular complexity index is 810. The Morgan fingerprint density at radius 1 is 1.32 bits per heavy atom. The molecule has 2 N–H and O–H groups in total. The molecule has 0 bridgehead atoms. The molecule has 1 atom stereocenters. The van der Waals surface area contributed by atoms with Crippen molar-refractivity contribution in [2.45, 2.75) is 32.4 Å². The second-order valence-corrected chi connectivity index (χ2v) is 8.80. The maximum atomic E-state index is 12.3. The fraction of sp³-hybridized carbons (Fsp3) is 0.650. The van der Waals surface area contributed by atoms with Crippen molar-refractivity contribution in [3.63, 3.8) is 0 Å². The van der Waals surface area contributed by atoms with Crippen molar-refractivity contribution in [2.75, 3.05) is 57.4 Å². The zero-order valence-corrected chi connectivity index (χ0v) is 18.8. The quantitative estimate of drug-likeness (QED) is 0.640. The summed E-state index contributed by atoms with van der Waals surface area (Å²) >= 11 is 6.30. The number of nitrogens with one attached hydrogen (secondary N) is 1. The lowest BCUT2D eigenvalue weighted by Crippen LogP contribution is -2.55. The van der Waals surface area contributed by atoms with Gasteiger partial charge in [-0.2, -0.15) is 0 Å². The summed E-state index contributed by atoms with van der Waals surface area (Å²) in [6.45, 7) is 9.26. The highest BCUT2D eigenvalue weighted by Gasteiger charge is 2.28. The molecular weight excluding hydrogens is 428 g/mol. The van der Waals surface area contributed by atoms with E-state index in [0.717, 1.165) is 0 Å². The molecule has 11 heteroatoms. The van der Waals surface area contributed by atoms with Crippen LogP contribution in [0.2, 0.25) is 5.15 Å². The van der Waals surface area contributed by atoms with Gasteiger partial charge in [0.1, 0.15) is 23.6 Å². The van der Waals surface area contributed by atoms with E-state index in [0.29, 0.717) is 51.8 Å². The van der Waals surface area contributed by atoms with Crippen molar-refractivity contribution < 1.29 is 28.9 Å². The van der Waals surface area contributed by atoms with Gasteiger partial charge < -0.3 is 34.4 Å². The highest BCUT2D eigenvalue weighted by Crippen LogP contribution is 2.30. The molecule has 31 heavy (non-hydrogen) atoms. The zero-order chi connectivity index (χ0) is 22.6. The number of hydrogen-bond donors (Lipinski definition) is 2. The van der Waals surface area contributed by atoms with Gasteiger partial charge in [-0.05, 0) is 20.8 Å². The van der Waals surface area contributed by atoms with Crippen molar-refractivity contribution in [1.82, 2.24) is 15.2 Å². The smallest absolute Gasteiger partial charge is 0.410 e. The highest BCUT2D eigenvalue weighted by molar-refractivity contribution is 6.31. The third kappa shape index (κ3) is 6.34. The highest BCUT2D eigenvalue weighted by atomic mass is 35.5. The number of aromatic nitrogens is 1. The number of morpholine rings is 1. The summed E-state index contributed by atoms with van der Waals surface area (Å²) in [4.78, 5) is 31.9. The largest absolute Gasteiger partial charge is 0.489 e. The first-order valence-electron chi connectivity index (χ1n) is 10.2. The molecule has 1 aromatic rings. The molecule has 10 nitrogen and oxygen atoms in total. The van der Waals surface area contributed by atoms with E-state index in [1.165, 1.54) is 6.07 Å². The Balaban J connectivity index is 1.66. The molecule has 0 spiro atoms. The maximum Gasteiger partial charge on any atom is 0.410 e. The molecule has 2 aliphatic rings. The molecular formula is C20H29ClN4O6. The summed E-state index contributed by atoms with van der Waals surface area (Å²) in [7, 11) is 0. The van der Waals surface area contributed by atoms with Crippen molar-refractivity contribution in [1.29, 1.82) is 0 Å². The molecule has 0 aliphatic carbocycles. The van der Waals surface area contributed by atoms with Gasteiger partial charge >= 0.3 is 12.1 Å². The Morgan fingerprint density at radius 2 is 2.03 bits per heavy atom. The Hall–Kier alpha value is -2.30. The second-order valence-electron chi connectivity index (χ2n) is 8.44. The molecule has 2 saturated heterocycles. The van der Waals surface area contributed by atoms with Crippen molar-refractivity contribution in [2.24, 2.45) is 0 Å². The Morgan fingerprint density at radius 3 is 2.68 bits per heavy atom. The number of anilines is 1. The van der Waals surface area contributed by atoms with E-state index < -0.39 is 11.6 Å². The lowest BCUT2D eigenvalue weighted by atomic mass is 10.2. The molecule has 1 aromatic heterocycles. The minimum atomic E-state index is -1.11. The number of carbonyl (C=O) groups is 2. The van der Waals surface area contributed by atoms with E-state index in [4.69, 9.17) is 25.8 Å². The first-order chi connectivity index (χ1) is 14.6. The van der Waals surface area contributed by atoms with E-state index in [-0.39, 0.29) is 35.2 Å². The van der Waals surface area contributed by atoms with Crippen LogP contribution in [0.15, 0.2) is 6.07 Å². The van der Waals surface area contributed by atoms with Gasteiger partial charge in [-0.1, -0.05) is 11.6 Å². The van der Waals surface area contributed by atoms with Gasteiger partial charge in [0.05, 0.1) is 19.3 Å². The summed E-state index contributed by atoms with van der Waals surface area (Å²) in [5, 5.41) is 13.0. The summed E-state index contributed by atoms with van der Waals surface area (Å²) in [6.07, 6.45) is -0.373. The van der Waals surface area contributed by atoms with Crippen LogP contribution < -0.4 is 15.0 Å². The van der Waals surface area contributed by atoms with E-state index in [1.807, 2.05) is 25.7 Å². The Kier molecular flexibility index (Phi) is 7.45. The number of aromatic carboxylic acids is 1. The predicted molar refractivity (Wildman–Crippen MR) is 114 cm³/mol. The molecule has 3 rings (SSSR count). The van der Waals surface area contributed by atoms with Crippen molar-refractivity contribution in [3.05, 3.63) is 16.8 Å². The van der Waals surface area contributed by atoms with E-state index in [9.17, 15) is 14.7 Å². The number of amides is 1. The van der Waals surface area contributed by atoms with Gasteiger partial charge in [0.15, 0.2) is 10.9 Å². The van der Waals surface area contributed by atoms with Crippen LogP contribution in [0.3, 0.4) is 0 Å². The monoisotopic (exact) mass is 456 g/mol. The minimum absolute atomic E-state index is 0.0216. The van der Waals surface area contributed by atoms with Gasteiger partial charge in [0, 0.05) is 38.8 Å². The van der Waals surface area contributed by atoms with Crippen LogP contribution in [0, 0.1) is 0 Å². The molecule has 0 radical (unpaired) electrons. The van der Waals surface area contributed by atoms with Crippen LogP contribution in [0.25, 0.3) is 0 Å². The van der Waals surface area contributed by atoms with Gasteiger partial charge in [-0.3, -0.25) is 0 Å². The van der Waals surface area contributed by atoms with Crippen LogP contribution >= 0.6 is 11.6 Å². The fourth-order valence-corrected chi connectivity index (χ4v) is 3.55. The fourth-order valence-electron chi connectivity index (χ4n) is 3.36. The van der Waals surface area contributed by atoms with Gasteiger partial charge in [0.2, 0.25) is 0 Å². The molecule has 3 heterocycles. The number of carbonyl (C=O) groups excluding carboxylic acids is 1. The van der Waals surface area contributed by atoms with Crippen LogP contribution in [0.5, 0.6) is 5.75 Å². The number of halogens is 1. The summed E-state index contributed by atoms with van der Waals surface area (Å²) in [5.41, 5.74) is -0.545. The summed E-state index contributed by atoms with van der Waals surface area (Å²) < 4.78 is 16.5. The third-order valence-corrected chi connectivity index (χ3v) is 5.08. The Labute approximate surface area is 186 Å². The molecule has 172 valence electrons. The van der Waals surface area contributed by atoms with Gasteiger partial charge in [-0.25, -0.2) is 14.6 Å². The average molecular weight is 457 g/mol. The number of nitrogens with zero attached hydrogens (tertiary/aromatic N) is 3.